The van der Waals surface area contributed by atoms with Crippen LogP contribution in [0.3, 0.4) is 0 Å². The number of nitrogens with zero attached hydrogens (tertiary/aromatic N) is 2. The molecule has 2 nitrogen and oxygen atoms in total. The van der Waals surface area contributed by atoms with Crippen molar-refractivity contribution in [1.82, 2.24) is 4.90 Å². The normalized spacial score (nSPS) is 27.6. The Morgan fingerprint density at radius 2 is 2.33 bits per heavy atom. The molecule has 1 fully saturated rings. The van der Waals surface area contributed by atoms with Crippen molar-refractivity contribution in [2.45, 2.75) is 32.4 Å². The van der Waals surface area contributed by atoms with Gasteiger partial charge in [-0.3, -0.25) is 4.90 Å². The van der Waals surface area contributed by atoms with Gasteiger partial charge in [-0.1, -0.05) is 0 Å². The maximum Gasteiger partial charge on any atom is 0.0992 e. The topological polar surface area (TPSA) is 27.0 Å². The van der Waals surface area contributed by atoms with Crippen LogP contribution in [0.15, 0.2) is 0 Å². The first kappa shape index (κ1) is 6.57. The van der Waals surface area contributed by atoms with Crippen LogP contribution in [0.25, 0.3) is 0 Å². The van der Waals surface area contributed by atoms with Crippen molar-refractivity contribution < 1.29 is 0 Å². The third kappa shape index (κ3) is 1.06. The van der Waals surface area contributed by atoms with Crippen LogP contribution >= 0.6 is 0 Å². The quantitative estimate of drug-likeness (QED) is 0.521. The van der Waals surface area contributed by atoms with Gasteiger partial charge in [0.05, 0.1) is 12.1 Å². The van der Waals surface area contributed by atoms with Gasteiger partial charge in [-0.05, 0) is 20.3 Å². The smallest absolute Gasteiger partial charge is 0.0992 e. The van der Waals surface area contributed by atoms with E-state index in [0.717, 1.165) is 13.0 Å². The first-order valence-corrected chi connectivity index (χ1v) is 3.41. The van der Waals surface area contributed by atoms with Gasteiger partial charge in [-0.25, -0.2) is 0 Å². The minimum absolute atomic E-state index is 0.213. The molecule has 0 aliphatic carbocycles. The minimum atomic E-state index is 0.213. The third-order valence-corrected chi connectivity index (χ3v) is 1.87. The maximum absolute atomic E-state index is 8.51. The highest BCUT2D eigenvalue weighted by molar-refractivity contribution is 5.00. The summed E-state index contributed by atoms with van der Waals surface area (Å²) in [5, 5.41) is 8.51. The number of hydrogen-bond acceptors (Lipinski definition) is 2. The van der Waals surface area contributed by atoms with Gasteiger partial charge in [0.25, 0.3) is 0 Å². The summed E-state index contributed by atoms with van der Waals surface area (Å²) in [4.78, 5) is 2.21. The number of hydrogen-bond donors (Lipinski definition) is 0. The van der Waals surface area contributed by atoms with E-state index in [4.69, 9.17) is 5.26 Å². The molecule has 1 aliphatic rings. The summed E-state index contributed by atoms with van der Waals surface area (Å²) in [5.41, 5.74) is 0. The van der Waals surface area contributed by atoms with E-state index in [1.165, 1.54) is 0 Å². The zero-order chi connectivity index (χ0) is 6.85. The molecule has 0 spiro atoms. The Morgan fingerprint density at radius 3 is 2.44 bits per heavy atom. The number of rotatable bonds is 1. The predicted molar refractivity (Wildman–Crippen MR) is 35.9 cm³/mol. The largest absolute Gasteiger partial charge is 0.285 e. The van der Waals surface area contributed by atoms with E-state index in [9.17, 15) is 0 Å². The molecule has 50 valence electrons. The van der Waals surface area contributed by atoms with E-state index < -0.39 is 0 Å². The molecule has 2 heteroatoms. The van der Waals surface area contributed by atoms with Gasteiger partial charge in [0.15, 0.2) is 0 Å². The Labute approximate surface area is 56.1 Å². The van der Waals surface area contributed by atoms with E-state index in [1.807, 2.05) is 0 Å². The van der Waals surface area contributed by atoms with Crippen LogP contribution in [-0.4, -0.2) is 23.5 Å². The first-order valence-electron chi connectivity index (χ1n) is 3.41. The van der Waals surface area contributed by atoms with Gasteiger partial charge in [0.2, 0.25) is 0 Å². The van der Waals surface area contributed by atoms with Crippen LogP contribution in [0.2, 0.25) is 0 Å². The lowest BCUT2D eigenvalue weighted by Gasteiger charge is -2.39. The van der Waals surface area contributed by atoms with Gasteiger partial charge in [-0.15, -0.1) is 0 Å². The molecule has 0 saturated carbocycles. The molecule has 0 aromatic carbocycles. The molecule has 1 aliphatic heterocycles. The van der Waals surface area contributed by atoms with Gasteiger partial charge >= 0.3 is 0 Å². The van der Waals surface area contributed by atoms with Crippen LogP contribution in [0.1, 0.15) is 20.3 Å². The van der Waals surface area contributed by atoms with Crippen molar-refractivity contribution in [3.05, 3.63) is 0 Å². The van der Waals surface area contributed by atoms with E-state index in [1.54, 1.807) is 0 Å². The number of likely N-dealkylation sites (tertiary alicyclic amines) is 1. The lowest BCUT2D eigenvalue weighted by Crippen LogP contribution is -2.50. The monoisotopic (exact) mass is 124 g/mol. The lowest BCUT2D eigenvalue weighted by atomic mass is 10.0. The standard InChI is InChI=1S/C7H12N2/c1-6(2)9-4-3-7(9)5-8/h6-7H,3-4H2,1-2H3. The summed E-state index contributed by atoms with van der Waals surface area (Å²) in [6.07, 6.45) is 1.06. The Balaban J connectivity index is 2.38. The molecule has 1 saturated heterocycles. The molecule has 1 unspecified atom stereocenters. The summed E-state index contributed by atoms with van der Waals surface area (Å²) in [7, 11) is 0. The lowest BCUT2D eigenvalue weighted by molar-refractivity contribution is 0.0926. The fourth-order valence-corrected chi connectivity index (χ4v) is 1.16. The molecular weight excluding hydrogens is 112 g/mol. The molecule has 0 amide bonds. The van der Waals surface area contributed by atoms with E-state index in [0.29, 0.717) is 6.04 Å². The summed E-state index contributed by atoms with van der Waals surface area (Å²) in [6.45, 7) is 5.36. The van der Waals surface area contributed by atoms with E-state index in [-0.39, 0.29) is 6.04 Å². The van der Waals surface area contributed by atoms with Crippen LogP contribution in [0, 0.1) is 11.3 Å². The van der Waals surface area contributed by atoms with Crippen molar-refractivity contribution >= 4 is 0 Å². The minimum Gasteiger partial charge on any atom is -0.285 e. The Morgan fingerprint density at radius 1 is 1.67 bits per heavy atom. The zero-order valence-electron chi connectivity index (χ0n) is 5.96. The Kier molecular flexibility index (Phi) is 1.73. The van der Waals surface area contributed by atoms with Gasteiger partial charge in [0, 0.05) is 12.6 Å². The SMILES string of the molecule is CC(C)N1CCC1C#N. The van der Waals surface area contributed by atoms with Crippen molar-refractivity contribution in [2.75, 3.05) is 6.54 Å². The van der Waals surface area contributed by atoms with E-state index in [2.05, 4.69) is 24.8 Å². The fraction of sp³-hybridized carbons (Fsp3) is 0.857. The Bertz CT molecular complexity index is 134. The van der Waals surface area contributed by atoms with Crippen LogP contribution in [0.4, 0.5) is 0 Å². The highest BCUT2D eigenvalue weighted by atomic mass is 15.2. The van der Waals surface area contributed by atoms with Crippen molar-refractivity contribution in [3.63, 3.8) is 0 Å². The van der Waals surface area contributed by atoms with Crippen molar-refractivity contribution in [3.8, 4) is 6.07 Å². The molecule has 0 aromatic rings. The summed E-state index contributed by atoms with van der Waals surface area (Å²) in [5.74, 6) is 0. The molecule has 0 bridgehead atoms. The van der Waals surface area contributed by atoms with Crippen LogP contribution in [-0.2, 0) is 0 Å². The van der Waals surface area contributed by atoms with E-state index >= 15 is 0 Å². The summed E-state index contributed by atoms with van der Waals surface area (Å²) in [6, 6.07) is 3.02. The van der Waals surface area contributed by atoms with Crippen LogP contribution in [0.5, 0.6) is 0 Å². The van der Waals surface area contributed by atoms with Gasteiger partial charge in [-0.2, -0.15) is 5.26 Å². The molecule has 1 heterocycles. The molecule has 0 N–H and O–H groups in total. The second-order valence-electron chi connectivity index (χ2n) is 2.77. The average molecular weight is 124 g/mol. The van der Waals surface area contributed by atoms with Crippen molar-refractivity contribution in [2.24, 2.45) is 0 Å². The molecule has 0 radical (unpaired) electrons. The molecule has 1 rings (SSSR count). The predicted octanol–water partition coefficient (Wildman–Crippen LogP) is 0.993. The zero-order valence-corrected chi connectivity index (χ0v) is 5.96. The highest BCUT2D eigenvalue weighted by Gasteiger charge is 2.29. The molecular formula is C7H12N2. The molecule has 0 aromatic heterocycles. The first-order chi connectivity index (χ1) is 4.25. The third-order valence-electron chi connectivity index (χ3n) is 1.87. The Hall–Kier alpha value is -0.550. The highest BCUT2D eigenvalue weighted by Crippen LogP contribution is 2.18. The fourth-order valence-electron chi connectivity index (χ4n) is 1.16. The van der Waals surface area contributed by atoms with Crippen LogP contribution < -0.4 is 0 Å². The number of nitriles is 1. The maximum atomic E-state index is 8.51. The molecule has 9 heavy (non-hydrogen) atoms. The second-order valence-corrected chi connectivity index (χ2v) is 2.77. The molecule has 1 atom stereocenters. The second kappa shape index (κ2) is 2.36. The average Bonchev–Trinajstić information content (AvgIpc) is 1.61. The van der Waals surface area contributed by atoms with Crippen molar-refractivity contribution in [1.29, 1.82) is 5.26 Å². The van der Waals surface area contributed by atoms with Gasteiger partial charge < -0.3 is 0 Å². The summed E-state index contributed by atoms with van der Waals surface area (Å²) < 4.78 is 0. The summed E-state index contributed by atoms with van der Waals surface area (Å²) >= 11 is 0. The van der Waals surface area contributed by atoms with Gasteiger partial charge in [0.1, 0.15) is 0 Å².